The van der Waals surface area contributed by atoms with Crippen molar-refractivity contribution in [2.24, 2.45) is 0 Å². The van der Waals surface area contributed by atoms with Crippen molar-refractivity contribution >= 4 is 5.91 Å². The highest BCUT2D eigenvalue weighted by Gasteiger charge is 2.46. The Hall–Kier alpha value is -1.71. The molecule has 0 aliphatic carbocycles. The fraction of sp³-hybridized carbons (Fsp3) is 0.533. The van der Waals surface area contributed by atoms with E-state index in [9.17, 15) is 4.79 Å². The van der Waals surface area contributed by atoms with Crippen molar-refractivity contribution in [2.45, 2.75) is 31.7 Å². The molecule has 0 spiro atoms. The lowest BCUT2D eigenvalue weighted by Gasteiger charge is -2.41. The maximum atomic E-state index is 12.0. The van der Waals surface area contributed by atoms with Crippen molar-refractivity contribution in [3.05, 3.63) is 23.3 Å². The Morgan fingerprint density at radius 3 is 2.53 bits per heavy atom. The van der Waals surface area contributed by atoms with Crippen molar-refractivity contribution in [3.8, 4) is 11.5 Å². The van der Waals surface area contributed by atoms with E-state index in [-0.39, 0.29) is 11.4 Å². The summed E-state index contributed by atoms with van der Waals surface area (Å²) in [6.07, 6.45) is 2.41. The highest BCUT2D eigenvalue weighted by atomic mass is 16.5. The van der Waals surface area contributed by atoms with Crippen molar-refractivity contribution in [3.63, 3.8) is 0 Å². The number of methoxy groups -OCH3 is 2. The SMILES string of the molecule is COc1cc2c(cc1OC)[C@@]1(C)CCC(=O)N1CC2. The molecule has 19 heavy (non-hydrogen) atoms. The largest absolute Gasteiger partial charge is 0.493 e. The van der Waals surface area contributed by atoms with Gasteiger partial charge in [-0.1, -0.05) is 0 Å². The molecule has 3 rings (SSSR count). The summed E-state index contributed by atoms with van der Waals surface area (Å²) < 4.78 is 10.8. The normalized spacial score (nSPS) is 25.0. The molecule has 2 aliphatic rings. The molecule has 0 radical (unpaired) electrons. The van der Waals surface area contributed by atoms with Crippen LogP contribution in [0.2, 0.25) is 0 Å². The minimum atomic E-state index is -0.176. The molecule has 2 aliphatic heterocycles. The number of carbonyl (C=O) groups is 1. The number of hydrogen-bond acceptors (Lipinski definition) is 3. The van der Waals surface area contributed by atoms with Crippen LogP contribution in [0.5, 0.6) is 11.5 Å². The van der Waals surface area contributed by atoms with Gasteiger partial charge in [0, 0.05) is 13.0 Å². The number of hydrogen-bond donors (Lipinski definition) is 0. The number of benzene rings is 1. The molecule has 4 heteroatoms. The first-order valence-corrected chi connectivity index (χ1v) is 6.66. The van der Waals surface area contributed by atoms with Crippen LogP contribution >= 0.6 is 0 Å². The van der Waals surface area contributed by atoms with E-state index in [2.05, 4.69) is 13.0 Å². The molecule has 1 aromatic rings. The van der Waals surface area contributed by atoms with E-state index < -0.39 is 0 Å². The molecule has 1 atom stereocenters. The smallest absolute Gasteiger partial charge is 0.223 e. The van der Waals surface area contributed by atoms with Crippen LogP contribution in [-0.2, 0) is 16.8 Å². The predicted molar refractivity (Wildman–Crippen MR) is 71.5 cm³/mol. The number of rotatable bonds is 2. The molecule has 0 unspecified atom stereocenters. The Kier molecular flexibility index (Phi) is 2.69. The van der Waals surface area contributed by atoms with Gasteiger partial charge in [-0.15, -0.1) is 0 Å². The average Bonchev–Trinajstić information content (AvgIpc) is 2.73. The van der Waals surface area contributed by atoms with Crippen LogP contribution in [-0.4, -0.2) is 31.6 Å². The molecule has 0 N–H and O–H groups in total. The summed E-state index contributed by atoms with van der Waals surface area (Å²) in [5.41, 5.74) is 2.30. The molecule has 102 valence electrons. The maximum Gasteiger partial charge on any atom is 0.223 e. The zero-order chi connectivity index (χ0) is 13.6. The number of ether oxygens (including phenoxy) is 2. The van der Waals surface area contributed by atoms with Gasteiger partial charge in [-0.05, 0) is 43.0 Å². The van der Waals surface area contributed by atoms with Crippen LogP contribution in [0.1, 0.15) is 30.9 Å². The van der Waals surface area contributed by atoms with Gasteiger partial charge in [0.15, 0.2) is 11.5 Å². The standard InChI is InChI=1S/C15H19NO3/c1-15-6-4-14(17)16(15)7-5-10-8-12(18-2)13(19-3)9-11(10)15/h8-9H,4-7H2,1-3H3/t15-/m1/s1. The molecule has 1 fully saturated rings. The van der Waals surface area contributed by atoms with Gasteiger partial charge >= 0.3 is 0 Å². The maximum absolute atomic E-state index is 12.0. The fourth-order valence-electron chi connectivity index (χ4n) is 3.41. The Bertz CT molecular complexity index is 540. The second kappa shape index (κ2) is 4.15. The van der Waals surface area contributed by atoms with Crippen molar-refractivity contribution in [2.75, 3.05) is 20.8 Å². The minimum absolute atomic E-state index is 0.176. The first-order valence-electron chi connectivity index (χ1n) is 6.66. The number of amides is 1. The predicted octanol–water partition coefficient (Wildman–Crippen LogP) is 2.10. The summed E-state index contributed by atoms with van der Waals surface area (Å²) >= 11 is 0. The van der Waals surface area contributed by atoms with Gasteiger partial charge in [0.25, 0.3) is 0 Å². The second-order valence-electron chi connectivity index (χ2n) is 5.43. The molecule has 0 saturated carbocycles. The summed E-state index contributed by atoms with van der Waals surface area (Å²) in [5, 5.41) is 0. The summed E-state index contributed by atoms with van der Waals surface area (Å²) in [4.78, 5) is 14.0. The van der Waals surface area contributed by atoms with Gasteiger partial charge in [0.1, 0.15) is 0 Å². The van der Waals surface area contributed by atoms with Crippen LogP contribution in [0.25, 0.3) is 0 Å². The fourth-order valence-corrected chi connectivity index (χ4v) is 3.41. The first-order chi connectivity index (χ1) is 9.10. The Balaban J connectivity index is 2.15. The van der Waals surface area contributed by atoms with E-state index in [4.69, 9.17) is 9.47 Å². The lowest BCUT2D eigenvalue weighted by atomic mass is 9.81. The molecule has 0 aromatic heterocycles. The monoisotopic (exact) mass is 261 g/mol. The van der Waals surface area contributed by atoms with Crippen molar-refractivity contribution < 1.29 is 14.3 Å². The number of nitrogens with zero attached hydrogens (tertiary/aromatic N) is 1. The van der Waals surface area contributed by atoms with E-state index in [0.29, 0.717) is 6.42 Å². The van der Waals surface area contributed by atoms with Gasteiger partial charge in [0.05, 0.1) is 19.8 Å². The Morgan fingerprint density at radius 2 is 1.84 bits per heavy atom. The molecule has 4 nitrogen and oxygen atoms in total. The van der Waals surface area contributed by atoms with Crippen LogP contribution in [0.4, 0.5) is 0 Å². The van der Waals surface area contributed by atoms with E-state index >= 15 is 0 Å². The van der Waals surface area contributed by atoms with Gasteiger partial charge in [-0.2, -0.15) is 0 Å². The van der Waals surface area contributed by atoms with E-state index in [1.807, 2.05) is 11.0 Å². The molecule has 2 heterocycles. The zero-order valence-corrected chi connectivity index (χ0v) is 11.7. The lowest BCUT2D eigenvalue weighted by molar-refractivity contribution is -0.131. The van der Waals surface area contributed by atoms with E-state index in [0.717, 1.165) is 30.9 Å². The third-order valence-corrected chi connectivity index (χ3v) is 4.52. The molecule has 1 saturated heterocycles. The molecular weight excluding hydrogens is 242 g/mol. The Morgan fingerprint density at radius 1 is 1.16 bits per heavy atom. The molecule has 1 amide bonds. The van der Waals surface area contributed by atoms with Crippen LogP contribution in [0.3, 0.4) is 0 Å². The molecule has 1 aromatic carbocycles. The number of fused-ring (bicyclic) bond motifs is 3. The summed E-state index contributed by atoms with van der Waals surface area (Å²) in [7, 11) is 3.30. The van der Waals surface area contributed by atoms with E-state index in [1.54, 1.807) is 14.2 Å². The topological polar surface area (TPSA) is 38.8 Å². The third kappa shape index (κ3) is 1.62. The van der Waals surface area contributed by atoms with Gasteiger partial charge in [-0.3, -0.25) is 4.79 Å². The van der Waals surface area contributed by atoms with Crippen molar-refractivity contribution in [1.29, 1.82) is 0 Å². The molecule has 0 bridgehead atoms. The summed E-state index contributed by atoms with van der Waals surface area (Å²) in [5.74, 6) is 1.77. The summed E-state index contributed by atoms with van der Waals surface area (Å²) in [6.45, 7) is 2.96. The van der Waals surface area contributed by atoms with E-state index in [1.165, 1.54) is 11.1 Å². The van der Waals surface area contributed by atoms with Gasteiger partial charge < -0.3 is 14.4 Å². The average molecular weight is 261 g/mol. The summed E-state index contributed by atoms with van der Waals surface area (Å²) in [6, 6.07) is 4.10. The van der Waals surface area contributed by atoms with Gasteiger partial charge in [0.2, 0.25) is 5.91 Å². The van der Waals surface area contributed by atoms with Crippen LogP contribution in [0.15, 0.2) is 12.1 Å². The first kappa shape index (κ1) is 12.3. The lowest BCUT2D eigenvalue weighted by Crippen LogP contribution is -2.46. The minimum Gasteiger partial charge on any atom is -0.493 e. The highest BCUT2D eigenvalue weighted by Crippen LogP contribution is 2.46. The van der Waals surface area contributed by atoms with Crippen LogP contribution < -0.4 is 9.47 Å². The zero-order valence-electron chi connectivity index (χ0n) is 11.7. The second-order valence-corrected chi connectivity index (χ2v) is 5.43. The van der Waals surface area contributed by atoms with Crippen molar-refractivity contribution in [1.82, 2.24) is 4.90 Å². The third-order valence-electron chi connectivity index (χ3n) is 4.52. The highest BCUT2D eigenvalue weighted by molar-refractivity contribution is 5.80. The van der Waals surface area contributed by atoms with Crippen LogP contribution in [0, 0.1) is 0 Å². The molecular formula is C15H19NO3. The number of carbonyl (C=O) groups excluding carboxylic acids is 1. The quantitative estimate of drug-likeness (QED) is 0.818. The van der Waals surface area contributed by atoms with Gasteiger partial charge in [-0.25, -0.2) is 0 Å². The Labute approximate surface area is 113 Å².